The van der Waals surface area contributed by atoms with Gasteiger partial charge in [-0.1, -0.05) is 105 Å². The van der Waals surface area contributed by atoms with E-state index in [1.165, 1.54) is 60.6 Å². The van der Waals surface area contributed by atoms with Crippen molar-refractivity contribution in [2.75, 3.05) is 90.0 Å². The number of anilines is 1. The Hall–Kier alpha value is -5.21. The van der Waals surface area contributed by atoms with Crippen LogP contribution in [0.2, 0.25) is 0 Å². The van der Waals surface area contributed by atoms with Gasteiger partial charge >= 0.3 is 17.9 Å². The van der Waals surface area contributed by atoms with E-state index in [1.807, 2.05) is 34.1 Å². The van der Waals surface area contributed by atoms with Gasteiger partial charge in [0.1, 0.15) is 23.2 Å². The first-order valence-corrected chi connectivity index (χ1v) is 26.4. The normalized spacial score (nSPS) is 16.0. The number of carboxylic acids is 3. The molecule has 0 amide bonds. The van der Waals surface area contributed by atoms with Crippen LogP contribution in [-0.2, 0) is 20.8 Å². The lowest BCUT2D eigenvalue weighted by atomic mass is 10.0. The Morgan fingerprint density at radius 3 is 1.50 bits per heavy atom. The second-order valence-corrected chi connectivity index (χ2v) is 21.8. The predicted molar refractivity (Wildman–Crippen MR) is 281 cm³/mol. The number of benzene rings is 4. The van der Waals surface area contributed by atoms with Crippen molar-refractivity contribution >= 4 is 64.1 Å². The SMILES string of the molecule is C=C(O)CN1CCN(CC(=O)O)CCN(CC(=O)O)C(Cc2ccc(NC(=S)NCCCCCCCCCC[P+](c3ccccc3)(c3ccccc3)c3ccccc3)cc2)CN(CC(=O)O)CC1. The minimum Gasteiger partial charge on any atom is -0.512 e. The van der Waals surface area contributed by atoms with Crippen molar-refractivity contribution < 1.29 is 34.8 Å². The lowest BCUT2D eigenvalue weighted by molar-refractivity contribution is -0.141. The zero-order chi connectivity index (χ0) is 48.6. The predicted octanol–water partition coefficient (Wildman–Crippen LogP) is 6.55. The Kier molecular flexibility index (Phi) is 22.9. The summed E-state index contributed by atoms with van der Waals surface area (Å²) in [5, 5.41) is 50.8. The number of hydrogen-bond donors (Lipinski definition) is 6. The first kappa shape index (κ1) is 53.7. The van der Waals surface area contributed by atoms with E-state index in [4.69, 9.17) is 12.2 Å². The summed E-state index contributed by atoms with van der Waals surface area (Å²) in [6.45, 7) is 6.14. The number of rotatable bonds is 25. The summed E-state index contributed by atoms with van der Waals surface area (Å²) in [4.78, 5) is 43.2. The summed E-state index contributed by atoms with van der Waals surface area (Å²) in [5.41, 5.74) is 1.74. The molecular weight excluding hydrogens is 896 g/mol. The maximum atomic E-state index is 12.1. The van der Waals surface area contributed by atoms with Crippen LogP contribution in [0, 0.1) is 0 Å². The third-order valence-electron chi connectivity index (χ3n) is 12.6. The van der Waals surface area contributed by atoms with Crippen LogP contribution in [0.15, 0.2) is 128 Å². The van der Waals surface area contributed by atoms with Crippen molar-refractivity contribution in [3.8, 4) is 0 Å². The number of aliphatic hydroxyl groups is 1. The second-order valence-electron chi connectivity index (χ2n) is 17.8. The molecule has 366 valence electrons. The Labute approximate surface area is 409 Å². The van der Waals surface area contributed by atoms with Crippen LogP contribution < -0.4 is 26.5 Å². The molecule has 0 aliphatic carbocycles. The fraction of sp³-hybridized carbons (Fsp3) is 0.434. The number of carbonyl (C=O) groups is 3. The topological polar surface area (TPSA) is 169 Å². The number of unbranched alkanes of at least 4 members (excludes halogenated alkanes) is 7. The fourth-order valence-corrected chi connectivity index (χ4v) is 13.8. The van der Waals surface area contributed by atoms with Crippen molar-refractivity contribution in [1.82, 2.24) is 24.9 Å². The smallest absolute Gasteiger partial charge is 0.317 e. The molecule has 1 aliphatic rings. The van der Waals surface area contributed by atoms with Gasteiger partial charge < -0.3 is 31.1 Å². The van der Waals surface area contributed by atoms with Gasteiger partial charge in [0, 0.05) is 64.1 Å². The maximum absolute atomic E-state index is 12.1. The maximum Gasteiger partial charge on any atom is 0.317 e. The van der Waals surface area contributed by atoms with Crippen LogP contribution in [0.1, 0.15) is 56.9 Å². The molecule has 4 aromatic carbocycles. The van der Waals surface area contributed by atoms with E-state index in [0.29, 0.717) is 44.3 Å². The molecule has 1 atom stereocenters. The van der Waals surface area contributed by atoms with Gasteiger partial charge in [0.05, 0.1) is 38.1 Å². The van der Waals surface area contributed by atoms with E-state index in [9.17, 15) is 34.8 Å². The fourth-order valence-electron chi connectivity index (χ4n) is 9.21. The van der Waals surface area contributed by atoms with Crippen LogP contribution >= 0.6 is 19.5 Å². The average Bonchev–Trinajstić information content (AvgIpc) is 3.31. The summed E-state index contributed by atoms with van der Waals surface area (Å²) in [7, 11) is -1.77. The molecular formula is C53H72N6O7PS+. The van der Waals surface area contributed by atoms with Gasteiger partial charge in [-0.25, -0.2) is 0 Å². The summed E-state index contributed by atoms with van der Waals surface area (Å²) in [6.07, 6.45) is 11.1. The third-order valence-corrected chi connectivity index (χ3v) is 17.4. The quantitative estimate of drug-likeness (QED) is 0.0183. The highest BCUT2D eigenvalue weighted by atomic mass is 32.1. The van der Waals surface area contributed by atoms with Crippen LogP contribution in [-0.4, -0.2) is 154 Å². The molecule has 0 aromatic heterocycles. The van der Waals surface area contributed by atoms with Gasteiger partial charge in [-0.3, -0.25) is 34.0 Å². The molecule has 68 heavy (non-hydrogen) atoms. The first-order valence-electron chi connectivity index (χ1n) is 24.0. The largest absolute Gasteiger partial charge is 0.512 e. The summed E-state index contributed by atoms with van der Waals surface area (Å²) < 4.78 is 0. The Bertz CT molecular complexity index is 2060. The Balaban J connectivity index is 1.07. The molecule has 0 radical (unpaired) electrons. The molecule has 1 aliphatic heterocycles. The highest BCUT2D eigenvalue weighted by Crippen LogP contribution is 2.56. The van der Waals surface area contributed by atoms with Crippen molar-refractivity contribution in [3.63, 3.8) is 0 Å². The average molecular weight is 968 g/mol. The number of nitrogens with one attached hydrogen (secondary N) is 2. The van der Waals surface area contributed by atoms with Crippen molar-refractivity contribution in [1.29, 1.82) is 0 Å². The van der Waals surface area contributed by atoms with Crippen LogP contribution in [0.25, 0.3) is 0 Å². The minimum atomic E-state index is -1.77. The van der Waals surface area contributed by atoms with Crippen LogP contribution in [0.5, 0.6) is 0 Å². The lowest BCUT2D eigenvalue weighted by Crippen LogP contribution is -2.53. The van der Waals surface area contributed by atoms with Gasteiger partial charge in [0.25, 0.3) is 0 Å². The van der Waals surface area contributed by atoms with E-state index >= 15 is 0 Å². The van der Waals surface area contributed by atoms with E-state index in [0.717, 1.165) is 30.6 Å². The second kappa shape index (κ2) is 29.0. The van der Waals surface area contributed by atoms with Crippen molar-refractivity contribution in [2.45, 2.75) is 63.8 Å². The molecule has 5 rings (SSSR count). The molecule has 15 heteroatoms. The molecule has 4 aromatic rings. The highest BCUT2D eigenvalue weighted by Gasteiger charge is 2.44. The number of thiocarbonyl (C=S) groups is 1. The van der Waals surface area contributed by atoms with Crippen molar-refractivity contribution in [3.05, 3.63) is 133 Å². The molecule has 0 saturated carbocycles. The van der Waals surface area contributed by atoms with E-state index in [1.54, 1.807) is 9.80 Å². The van der Waals surface area contributed by atoms with Crippen LogP contribution in [0.3, 0.4) is 0 Å². The van der Waals surface area contributed by atoms with E-state index in [2.05, 4.69) is 108 Å². The highest BCUT2D eigenvalue weighted by molar-refractivity contribution is 7.95. The van der Waals surface area contributed by atoms with Gasteiger partial charge in [0.2, 0.25) is 0 Å². The number of aliphatic carboxylic acids is 3. The molecule has 6 N–H and O–H groups in total. The van der Waals surface area contributed by atoms with Gasteiger partial charge in [-0.05, 0) is 92.0 Å². The number of carboxylic acid groups (broad SMARTS) is 3. The Morgan fingerprint density at radius 2 is 1.00 bits per heavy atom. The zero-order valence-corrected chi connectivity index (χ0v) is 41.2. The number of hydrogen-bond acceptors (Lipinski definition) is 9. The van der Waals surface area contributed by atoms with Crippen LogP contribution in [0.4, 0.5) is 5.69 Å². The van der Waals surface area contributed by atoms with Gasteiger partial charge in [-0.15, -0.1) is 0 Å². The number of nitrogens with zero attached hydrogens (tertiary/aromatic N) is 4. The molecule has 1 fully saturated rings. The summed E-state index contributed by atoms with van der Waals surface area (Å²) >= 11 is 5.62. The Morgan fingerprint density at radius 1 is 0.559 bits per heavy atom. The van der Waals surface area contributed by atoms with Gasteiger partial charge in [-0.2, -0.15) is 0 Å². The standard InChI is InChI=1S/C53H71N6O7PS/c1-43(60)38-56-30-31-57(40-50(61)62)34-35-59(42-52(65)66)46(39-58(33-32-56)41-51(63)64)37-44-25-27-45(28-26-44)55-53(68)54-29-17-6-4-2-3-5-7-18-36-67(47-19-11-8-12-20-47,48-21-13-9-14-22-48)49-23-15-10-16-24-49/h8-16,19-28,46H,1-7,17-18,29-42H2,(H5-,54,55,60,61,62,63,64,65,66,68)/p+1. The third kappa shape index (κ3) is 18.4. The lowest BCUT2D eigenvalue weighted by Gasteiger charge is -2.37. The summed E-state index contributed by atoms with van der Waals surface area (Å²) in [5.74, 6) is -3.06. The monoisotopic (exact) mass is 967 g/mol. The minimum absolute atomic E-state index is 0.0406. The molecule has 0 spiro atoms. The van der Waals surface area contributed by atoms with Gasteiger partial charge in [0.15, 0.2) is 5.11 Å². The molecule has 1 unspecified atom stereocenters. The first-order chi connectivity index (χ1) is 32.9. The molecule has 1 heterocycles. The number of aliphatic hydroxyl groups excluding tert-OH is 1. The van der Waals surface area contributed by atoms with Crippen molar-refractivity contribution in [2.24, 2.45) is 0 Å². The molecule has 13 nitrogen and oxygen atoms in total. The molecule has 0 bridgehead atoms. The summed E-state index contributed by atoms with van der Waals surface area (Å²) in [6, 6.07) is 40.8. The molecule has 1 saturated heterocycles. The van der Waals surface area contributed by atoms with E-state index in [-0.39, 0.29) is 45.0 Å². The van der Waals surface area contributed by atoms with E-state index < -0.39 is 31.2 Å². The zero-order valence-electron chi connectivity index (χ0n) is 39.5.